The highest BCUT2D eigenvalue weighted by Gasteiger charge is 2.42. The summed E-state index contributed by atoms with van der Waals surface area (Å²) in [4.78, 5) is 41.7. The maximum absolute atomic E-state index is 13.2. The Labute approximate surface area is 200 Å². The minimum absolute atomic E-state index is 0.00310. The molecule has 2 saturated heterocycles. The largest absolute Gasteiger partial charge is 0.390 e. The summed E-state index contributed by atoms with van der Waals surface area (Å²) in [6.45, 7) is 6.24. The van der Waals surface area contributed by atoms with Crippen molar-refractivity contribution in [3.05, 3.63) is 46.2 Å². The smallest absolute Gasteiger partial charge is 0.264 e. The molecule has 2 aliphatic rings. The van der Waals surface area contributed by atoms with Gasteiger partial charge in [-0.05, 0) is 57.0 Å². The highest BCUT2D eigenvalue weighted by atomic mass is 16.3. The second-order valence-corrected chi connectivity index (χ2v) is 10.2. The number of piperidine rings is 1. The van der Waals surface area contributed by atoms with Gasteiger partial charge in [0, 0.05) is 51.2 Å². The number of nitrogens with zero attached hydrogens (tertiary/aromatic N) is 3. The molecular formula is C26H36N4O4. The monoisotopic (exact) mass is 468 g/mol. The fraction of sp³-hybridized carbons (Fsp3) is 0.577. The summed E-state index contributed by atoms with van der Waals surface area (Å²) in [7, 11) is 1.70. The molecule has 8 nitrogen and oxygen atoms in total. The van der Waals surface area contributed by atoms with Crippen LogP contribution >= 0.6 is 0 Å². The number of carbonyl (C=O) groups is 2. The molecule has 34 heavy (non-hydrogen) atoms. The average Bonchev–Trinajstić information content (AvgIpc) is 3.00. The van der Waals surface area contributed by atoms with E-state index in [0.29, 0.717) is 13.1 Å². The highest BCUT2D eigenvalue weighted by molar-refractivity contribution is 5.97. The minimum Gasteiger partial charge on any atom is -0.390 e. The average molecular weight is 469 g/mol. The summed E-state index contributed by atoms with van der Waals surface area (Å²) in [5.74, 6) is -0.375. The molecule has 8 heteroatoms. The van der Waals surface area contributed by atoms with Crippen LogP contribution in [0.25, 0.3) is 10.9 Å². The van der Waals surface area contributed by atoms with Gasteiger partial charge in [-0.25, -0.2) is 0 Å². The first-order chi connectivity index (χ1) is 16.2. The fourth-order valence-electron chi connectivity index (χ4n) is 5.66. The second-order valence-electron chi connectivity index (χ2n) is 10.2. The van der Waals surface area contributed by atoms with Gasteiger partial charge in [0.1, 0.15) is 5.56 Å². The van der Waals surface area contributed by atoms with E-state index in [9.17, 15) is 19.5 Å². The number of hydrogen-bond donors (Lipinski definition) is 2. The van der Waals surface area contributed by atoms with Crippen molar-refractivity contribution in [1.29, 1.82) is 0 Å². The van der Waals surface area contributed by atoms with Gasteiger partial charge >= 0.3 is 0 Å². The molecule has 2 bridgehead atoms. The molecule has 3 heterocycles. The first kappa shape index (κ1) is 24.4. The number of carbonyl (C=O) groups excluding carboxylic acids is 2. The number of benzene rings is 1. The molecule has 2 aromatic rings. The second kappa shape index (κ2) is 9.88. The van der Waals surface area contributed by atoms with Crippen molar-refractivity contribution < 1.29 is 14.7 Å². The number of rotatable bonds is 7. The van der Waals surface area contributed by atoms with Crippen molar-refractivity contribution in [2.45, 2.75) is 76.7 Å². The summed E-state index contributed by atoms with van der Waals surface area (Å²) in [5.41, 5.74) is 0.758. The molecule has 0 radical (unpaired) electrons. The SMILES string of the molecule is CC(=O)N(C)CC(O)CN1C2CCC1CC(NC(=O)c1cc3ccccc3n(C(C)C)c1=O)C2. The molecule has 184 valence electrons. The van der Waals surface area contributed by atoms with Crippen LogP contribution in [0.2, 0.25) is 0 Å². The van der Waals surface area contributed by atoms with Crippen LogP contribution in [-0.4, -0.2) is 75.7 Å². The van der Waals surface area contributed by atoms with E-state index in [-0.39, 0.29) is 47.1 Å². The molecule has 2 amide bonds. The maximum atomic E-state index is 13.2. The summed E-state index contributed by atoms with van der Waals surface area (Å²) < 4.78 is 1.69. The number of amides is 2. The van der Waals surface area contributed by atoms with E-state index in [0.717, 1.165) is 36.6 Å². The van der Waals surface area contributed by atoms with E-state index in [1.165, 1.54) is 11.8 Å². The zero-order valence-corrected chi connectivity index (χ0v) is 20.5. The van der Waals surface area contributed by atoms with E-state index in [2.05, 4.69) is 10.2 Å². The van der Waals surface area contributed by atoms with Crippen LogP contribution in [0.15, 0.2) is 35.1 Å². The molecular weight excluding hydrogens is 432 g/mol. The summed E-state index contributed by atoms with van der Waals surface area (Å²) in [5, 5.41) is 14.5. The van der Waals surface area contributed by atoms with Crippen LogP contribution in [0, 0.1) is 0 Å². The molecule has 0 aliphatic carbocycles. The van der Waals surface area contributed by atoms with E-state index >= 15 is 0 Å². The van der Waals surface area contributed by atoms with Crippen molar-refractivity contribution in [2.75, 3.05) is 20.1 Å². The van der Waals surface area contributed by atoms with Crippen molar-refractivity contribution >= 4 is 22.7 Å². The first-order valence-electron chi connectivity index (χ1n) is 12.3. The van der Waals surface area contributed by atoms with Gasteiger partial charge in [0.05, 0.1) is 11.6 Å². The molecule has 0 saturated carbocycles. The topological polar surface area (TPSA) is 94.9 Å². The standard InChI is InChI=1S/C26H36N4O4/c1-16(2)30-24-8-6-5-7-18(24)11-23(26(30)34)25(33)27-19-12-20-9-10-21(13-19)29(20)15-22(32)14-28(4)17(3)31/h5-8,11,16,19-22,32H,9-10,12-15H2,1-4H3,(H,27,33). The Morgan fingerprint density at radius 2 is 1.82 bits per heavy atom. The quantitative estimate of drug-likeness (QED) is 0.649. The Hall–Kier alpha value is -2.71. The lowest BCUT2D eigenvalue weighted by Crippen LogP contribution is -2.53. The lowest BCUT2D eigenvalue weighted by Gasteiger charge is -2.40. The van der Waals surface area contributed by atoms with Gasteiger partial charge in [-0.15, -0.1) is 0 Å². The Bertz CT molecular complexity index is 1110. The third-order valence-electron chi connectivity index (χ3n) is 7.37. The van der Waals surface area contributed by atoms with Gasteiger partial charge < -0.3 is 19.9 Å². The number of pyridine rings is 1. The minimum atomic E-state index is -0.602. The normalized spacial score (nSPS) is 23.3. The van der Waals surface area contributed by atoms with Crippen LogP contribution in [-0.2, 0) is 4.79 Å². The van der Waals surface area contributed by atoms with Gasteiger partial charge in [0.25, 0.3) is 11.5 Å². The van der Waals surface area contributed by atoms with Crippen LogP contribution in [0.5, 0.6) is 0 Å². The van der Waals surface area contributed by atoms with Gasteiger partial charge in [-0.2, -0.15) is 0 Å². The van der Waals surface area contributed by atoms with Crippen molar-refractivity contribution in [2.24, 2.45) is 0 Å². The lowest BCUT2D eigenvalue weighted by atomic mass is 9.96. The Kier molecular flexibility index (Phi) is 7.09. The maximum Gasteiger partial charge on any atom is 0.264 e. The predicted molar refractivity (Wildman–Crippen MR) is 132 cm³/mol. The van der Waals surface area contributed by atoms with Gasteiger partial charge in [0.15, 0.2) is 0 Å². The van der Waals surface area contributed by atoms with E-state index < -0.39 is 6.10 Å². The third-order valence-corrected chi connectivity index (χ3v) is 7.37. The number of likely N-dealkylation sites (N-methyl/N-ethyl adjacent to an activating group) is 1. The fourth-order valence-corrected chi connectivity index (χ4v) is 5.66. The molecule has 2 fully saturated rings. The summed E-state index contributed by atoms with van der Waals surface area (Å²) in [6, 6.07) is 9.86. The number of hydrogen-bond acceptors (Lipinski definition) is 5. The third kappa shape index (κ3) is 4.88. The van der Waals surface area contributed by atoms with Crippen LogP contribution in [0.1, 0.15) is 62.9 Å². The van der Waals surface area contributed by atoms with Crippen molar-refractivity contribution in [3.8, 4) is 0 Å². The van der Waals surface area contributed by atoms with Gasteiger partial charge in [0.2, 0.25) is 5.91 Å². The molecule has 1 aromatic heterocycles. The van der Waals surface area contributed by atoms with Crippen molar-refractivity contribution in [3.63, 3.8) is 0 Å². The van der Waals surface area contributed by atoms with E-state index in [1.54, 1.807) is 17.7 Å². The number of nitrogens with one attached hydrogen (secondary N) is 1. The molecule has 2 N–H and O–H groups in total. The molecule has 0 spiro atoms. The zero-order valence-electron chi connectivity index (χ0n) is 20.5. The van der Waals surface area contributed by atoms with Gasteiger partial charge in [-0.3, -0.25) is 19.3 Å². The molecule has 1 aromatic carbocycles. The van der Waals surface area contributed by atoms with Crippen LogP contribution in [0.4, 0.5) is 0 Å². The first-order valence-corrected chi connectivity index (χ1v) is 12.3. The number of aliphatic hydroxyl groups excluding tert-OH is 1. The Morgan fingerprint density at radius 1 is 1.18 bits per heavy atom. The van der Waals surface area contributed by atoms with Crippen LogP contribution < -0.4 is 10.9 Å². The Morgan fingerprint density at radius 3 is 2.44 bits per heavy atom. The predicted octanol–water partition coefficient (Wildman–Crippen LogP) is 2.15. The highest BCUT2D eigenvalue weighted by Crippen LogP contribution is 2.36. The van der Waals surface area contributed by atoms with Crippen LogP contribution in [0.3, 0.4) is 0 Å². The number of para-hydroxylation sites is 1. The zero-order chi connectivity index (χ0) is 24.6. The van der Waals surface area contributed by atoms with Gasteiger partial charge in [-0.1, -0.05) is 18.2 Å². The van der Waals surface area contributed by atoms with E-state index in [4.69, 9.17) is 0 Å². The van der Waals surface area contributed by atoms with E-state index in [1.807, 2.05) is 38.1 Å². The molecule has 3 unspecified atom stereocenters. The molecule has 3 atom stereocenters. The van der Waals surface area contributed by atoms with Crippen molar-refractivity contribution in [1.82, 2.24) is 19.7 Å². The lowest BCUT2D eigenvalue weighted by molar-refractivity contribution is -0.129. The number of aliphatic hydroxyl groups is 1. The number of aromatic nitrogens is 1. The number of fused-ring (bicyclic) bond motifs is 3. The molecule has 2 aliphatic heterocycles. The summed E-state index contributed by atoms with van der Waals surface area (Å²) >= 11 is 0. The Balaban J connectivity index is 1.45. The summed E-state index contributed by atoms with van der Waals surface area (Å²) in [6.07, 6.45) is 3.05. The molecule has 4 rings (SSSR count).